The van der Waals surface area contributed by atoms with Gasteiger partial charge in [0.05, 0.1) is 0 Å². The summed E-state index contributed by atoms with van der Waals surface area (Å²) in [5.74, 6) is -1.89. The van der Waals surface area contributed by atoms with Gasteiger partial charge in [-0.15, -0.1) is 0 Å². The zero-order valence-electron chi connectivity index (χ0n) is 15.1. The van der Waals surface area contributed by atoms with Crippen LogP contribution in [0.4, 0.5) is 5.69 Å². The van der Waals surface area contributed by atoms with E-state index in [1.165, 1.54) is 4.90 Å². The number of carboxylic acid groups (broad SMARTS) is 1. The van der Waals surface area contributed by atoms with E-state index >= 15 is 0 Å². The molecule has 0 aliphatic carbocycles. The van der Waals surface area contributed by atoms with Gasteiger partial charge in [0, 0.05) is 22.7 Å². The van der Waals surface area contributed by atoms with Gasteiger partial charge < -0.3 is 9.84 Å². The maximum absolute atomic E-state index is 12.7. The third kappa shape index (κ3) is 6.65. The second-order valence-corrected chi connectivity index (χ2v) is 7.72. The van der Waals surface area contributed by atoms with Crippen molar-refractivity contribution in [1.29, 1.82) is 0 Å². The number of hydrogen-bond acceptors (Lipinski definition) is 4. The van der Waals surface area contributed by atoms with Crippen molar-refractivity contribution in [2.75, 3.05) is 11.4 Å². The molecule has 2 aromatic rings. The van der Waals surface area contributed by atoms with Crippen LogP contribution in [0, 0.1) is 0 Å². The number of carboxylic acids is 1. The summed E-state index contributed by atoms with van der Waals surface area (Å²) in [5, 5.41) is 9.33. The lowest BCUT2D eigenvalue weighted by Crippen LogP contribution is -2.35. The highest BCUT2D eigenvalue weighted by Crippen LogP contribution is 2.20. The molecule has 0 bridgehead atoms. The summed E-state index contributed by atoms with van der Waals surface area (Å²) in [6.07, 6.45) is 0.695. The summed E-state index contributed by atoms with van der Waals surface area (Å²) in [5.41, 5.74) is 1.65. The predicted octanol–water partition coefficient (Wildman–Crippen LogP) is 4.29. The molecule has 28 heavy (non-hydrogen) atoms. The Balaban J connectivity index is 2.13. The number of ether oxygens (including phenoxy) is 1. The van der Waals surface area contributed by atoms with E-state index < -0.39 is 18.4 Å². The van der Waals surface area contributed by atoms with Crippen molar-refractivity contribution in [2.45, 2.75) is 24.8 Å². The van der Waals surface area contributed by atoms with Gasteiger partial charge in [-0.05, 0) is 71.2 Å². The molecule has 0 aromatic heterocycles. The lowest BCUT2D eigenvalue weighted by atomic mass is 10.1. The Morgan fingerprint density at radius 2 is 1.71 bits per heavy atom. The minimum atomic E-state index is -1.13. The molecule has 0 fully saturated rings. The molecule has 1 N–H and O–H groups in total. The van der Waals surface area contributed by atoms with E-state index in [1.807, 2.05) is 0 Å². The first-order valence-corrected chi connectivity index (χ1v) is 9.77. The maximum Gasteiger partial charge on any atom is 0.323 e. The molecule has 1 atom stereocenters. The highest BCUT2D eigenvalue weighted by molar-refractivity contribution is 9.09. The number of hydrogen-bond donors (Lipinski definition) is 1. The molecule has 148 valence electrons. The van der Waals surface area contributed by atoms with Crippen LogP contribution in [0.5, 0.6) is 0 Å². The molecular formula is C20H19BrClNO5. The minimum Gasteiger partial charge on any atom is -0.480 e. The molecule has 0 spiro atoms. The Kier molecular flexibility index (Phi) is 8.02. The fraction of sp³-hybridized carbons (Fsp3) is 0.250. The topological polar surface area (TPSA) is 83.9 Å². The van der Waals surface area contributed by atoms with E-state index in [-0.39, 0.29) is 17.4 Å². The van der Waals surface area contributed by atoms with Crippen LogP contribution in [0.3, 0.4) is 0 Å². The lowest BCUT2D eigenvalue weighted by molar-refractivity contribution is -0.144. The highest BCUT2D eigenvalue weighted by Gasteiger charge is 2.20. The van der Waals surface area contributed by atoms with Gasteiger partial charge in [-0.3, -0.25) is 19.3 Å². The summed E-state index contributed by atoms with van der Waals surface area (Å²) >= 11 is 8.99. The number of anilines is 1. The second-order valence-electron chi connectivity index (χ2n) is 5.99. The van der Waals surface area contributed by atoms with Crippen molar-refractivity contribution >= 4 is 51.1 Å². The van der Waals surface area contributed by atoms with E-state index in [2.05, 4.69) is 15.9 Å². The summed E-state index contributed by atoms with van der Waals surface area (Å²) in [7, 11) is 0. The maximum atomic E-state index is 12.7. The van der Waals surface area contributed by atoms with Crippen molar-refractivity contribution in [1.82, 2.24) is 0 Å². The summed E-state index contributed by atoms with van der Waals surface area (Å²) in [4.78, 5) is 36.8. The summed E-state index contributed by atoms with van der Waals surface area (Å²) in [6, 6.07) is 13.1. The van der Waals surface area contributed by atoms with Crippen molar-refractivity contribution in [3.63, 3.8) is 0 Å². The van der Waals surface area contributed by atoms with Gasteiger partial charge in [0.25, 0.3) is 5.91 Å². The standard InChI is InChI=1S/C20H19BrClNO5/c1-13(21)28-19(26)11-4-14-2-9-17(10-3-14)23(12-18(24)25)20(27)15-5-7-16(22)8-6-15/h2-3,5-10,13H,4,11-12H2,1H3,(H,24,25). The number of benzene rings is 2. The molecule has 1 amide bonds. The monoisotopic (exact) mass is 467 g/mol. The number of esters is 1. The molecule has 0 saturated carbocycles. The van der Waals surface area contributed by atoms with Crippen LogP contribution in [0.15, 0.2) is 48.5 Å². The zero-order chi connectivity index (χ0) is 20.7. The van der Waals surface area contributed by atoms with Crippen molar-refractivity contribution in [2.24, 2.45) is 0 Å². The first-order chi connectivity index (χ1) is 13.3. The van der Waals surface area contributed by atoms with Gasteiger partial charge in [0.1, 0.15) is 6.54 Å². The first-order valence-electron chi connectivity index (χ1n) is 8.48. The quantitative estimate of drug-likeness (QED) is 0.461. The van der Waals surface area contributed by atoms with Gasteiger partial charge in [-0.1, -0.05) is 23.7 Å². The fourth-order valence-electron chi connectivity index (χ4n) is 2.49. The Bertz CT molecular complexity index is 837. The third-order valence-corrected chi connectivity index (χ3v) is 4.23. The van der Waals surface area contributed by atoms with Crippen molar-refractivity contribution < 1.29 is 24.2 Å². The molecule has 2 aromatic carbocycles. The van der Waals surface area contributed by atoms with Crippen LogP contribution >= 0.6 is 27.5 Å². The smallest absolute Gasteiger partial charge is 0.323 e. The van der Waals surface area contributed by atoms with E-state index in [9.17, 15) is 19.5 Å². The fourth-order valence-corrected chi connectivity index (χ4v) is 2.83. The van der Waals surface area contributed by atoms with Crippen LogP contribution in [-0.4, -0.2) is 34.5 Å². The number of halogens is 2. The number of carbonyl (C=O) groups excluding carboxylic acids is 2. The van der Waals surface area contributed by atoms with Gasteiger partial charge >= 0.3 is 11.9 Å². The minimum absolute atomic E-state index is 0.220. The molecule has 8 heteroatoms. The van der Waals surface area contributed by atoms with Gasteiger partial charge in [-0.25, -0.2) is 0 Å². The zero-order valence-corrected chi connectivity index (χ0v) is 17.4. The van der Waals surface area contributed by atoms with E-state index in [0.29, 0.717) is 22.7 Å². The second kappa shape index (κ2) is 10.2. The van der Waals surface area contributed by atoms with E-state index in [4.69, 9.17) is 16.3 Å². The molecule has 0 heterocycles. The van der Waals surface area contributed by atoms with Crippen molar-refractivity contribution in [3.8, 4) is 0 Å². The van der Waals surface area contributed by atoms with E-state index in [0.717, 1.165) is 5.56 Å². The lowest BCUT2D eigenvalue weighted by Gasteiger charge is -2.21. The number of alkyl halides is 1. The number of carbonyl (C=O) groups is 3. The van der Waals surface area contributed by atoms with Gasteiger partial charge in [-0.2, -0.15) is 0 Å². The Labute approximate surface area is 176 Å². The molecule has 1 unspecified atom stereocenters. The van der Waals surface area contributed by atoms with E-state index in [1.54, 1.807) is 55.5 Å². The Morgan fingerprint density at radius 3 is 2.25 bits per heavy atom. The Morgan fingerprint density at radius 1 is 1.11 bits per heavy atom. The molecular weight excluding hydrogens is 450 g/mol. The van der Waals surface area contributed by atoms with Crippen LogP contribution in [0.1, 0.15) is 29.3 Å². The molecule has 6 nitrogen and oxygen atoms in total. The normalized spacial score (nSPS) is 11.5. The third-order valence-electron chi connectivity index (χ3n) is 3.79. The average molecular weight is 469 g/mol. The molecule has 0 radical (unpaired) electrons. The number of aryl methyl sites for hydroxylation is 1. The largest absolute Gasteiger partial charge is 0.480 e. The number of nitrogens with zero attached hydrogens (tertiary/aromatic N) is 1. The molecule has 0 aliphatic heterocycles. The first kappa shape index (κ1) is 21.9. The Hall–Kier alpha value is -2.38. The average Bonchev–Trinajstić information content (AvgIpc) is 2.64. The van der Waals surface area contributed by atoms with Crippen LogP contribution < -0.4 is 4.90 Å². The summed E-state index contributed by atoms with van der Waals surface area (Å²) < 4.78 is 5.02. The van der Waals surface area contributed by atoms with Gasteiger partial charge in [0.2, 0.25) is 0 Å². The van der Waals surface area contributed by atoms with Gasteiger partial charge in [0.15, 0.2) is 5.01 Å². The van der Waals surface area contributed by atoms with Crippen LogP contribution in [-0.2, 0) is 20.7 Å². The van der Waals surface area contributed by atoms with Crippen LogP contribution in [0.2, 0.25) is 5.02 Å². The summed E-state index contributed by atoms with van der Waals surface area (Å²) in [6.45, 7) is 1.23. The number of amides is 1. The number of rotatable bonds is 8. The van der Waals surface area contributed by atoms with Crippen molar-refractivity contribution in [3.05, 3.63) is 64.7 Å². The highest BCUT2D eigenvalue weighted by atomic mass is 79.9. The SMILES string of the molecule is CC(Br)OC(=O)CCc1ccc(N(CC(=O)O)C(=O)c2ccc(Cl)cc2)cc1. The van der Waals surface area contributed by atoms with Crippen LogP contribution in [0.25, 0.3) is 0 Å². The molecule has 0 saturated heterocycles. The molecule has 0 aliphatic rings. The number of aliphatic carboxylic acids is 1. The predicted molar refractivity (Wildman–Crippen MR) is 110 cm³/mol. The molecule has 2 rings (SSSR count).